The molecule has 4 rings (SSSR count). The van der Waals surface area contributed by atoms with Gasteiger partial charge in [0.15, 0.2) is 0 Å². The number of halogens is 3. The summed E-state index contributed by atoms with van der Waals surface area (Å²) in [4.78, 5) is 12.8. The zero-order valence-corrected chi connectivity index (χ0v) is 23.3. The summed E-state index contributed by atoms with van der Waals surface area (Å²) in [6, 6.07) is 14.3. The number of nitrogens with zero attached hydrogens (tertiary/aromatic N) is 2. The Balaban J connectivity index is 1.68. The number of carbonyl (C=O) groups is 1. The first-order valence-corrected chi connectivity index (χ1v) is 15.0. The number of amides is 1. The van der Waals surface area contributed by atoms with Gasteiger partial charge in [-0.2, -0.15) is 17.5 Å². The van der Waals surface area contributed by atoms with Crippen molar-refractivity contribution in [2.45, 2.75) is 16.0 Å². The Bertz CT molecular complexity index is 1610. The third-order valence-electron chi connectivity index (χ3n) is 6.13. The van der Waals surface area contributed by atoms with E-state index in [1.807, 2.05) is 0 Å². The Kier molecular flexibility index (Phi) is 8.91. The quantitative estimate of drug-likeness (QED) is 0.392. The van der Waals surface area contributed by atoms with Gasteiger partial charge in [0.25, 0.3) is 10.0 Å². The van der Waals surface area contributed by atoms with Crippen LogP contribution in [0.3, 0.4) is 0 Å². The predicted octanol–water partition coefficient (Wildman–Crippen LogP) is 3.57. The van der Waals surface area contributed by atoms with Gasteiger partial charge in [-0.25, -0.2) is 16.8 Å². The van der Waals surface area contributed by atoms with Crippen LogP contribution in [-0.4, -0.2) is 67.0 Å². The number of hydrogen-bond acceptors (Lipinski definition) is 7. The van der Waals surface area contributed by atoms with E-state index in [2.05, 4.69) is 5.32 Å². The highest BCUT2D eigenvalue weighted by molar-refractivity contribution is 7.92. The summed E-state index contributed by atoms with van der Waals surface area (Å²) in [5, 5.41) is 2.45. The second-order valence-electron chi connectivity index (χ2n) is 8.80. The van der Waals surface area contributed by atoms with Gasteiger partial charge in [-0.1, -0.05) is 24.3 Å². The molecule has 1 N–H and O–H groups in total. The fourth-order valence-electron chi connectivity index (χ4n) is 4.07. The molecule has 3 aromatic carbocycles. The van der Waals surface area contributed by atoms with Crippen molar-refractivity contribution in [3.05, 3.63) is 78.4 Å². The van der Waals surface area contributed by atoms with Crippen LogP contribution in [0.2, 0.25) is 0 Å². The normalized spacial score (nSPS) is 14.8. The van der Waals surface area contributed by atoms with Crippen LogP contribution >= 0.6 is 0 Å². The van der Waals surface area contributed by atoms with Gasteiger partial charge < -0.3 is 14.8 Å². The molecule has 1 saturated heterocycles. The third-order valence-corrected chi connectivity index (χ3v) is 9.82. The van der Waals surface area contributed by atoms with Crippen molar-refractivity contribution in [1.29, 1.82) is 0 Å². The number of ether oxygens (including phenoxy) is 2. The summed E-state index contributed by atoms with van der Waals surface area (Å²) in [6.07, 6.45) is -4.76. The molecule has 0 aliphatic carbocycles. The number of benzene rings is 3. The van der Waals surface area contributed by atoms with Crippen LogP contribution in [0.5, 0.6) is 5.75 Å². The van der Waals surface area contributed by atoms with Crippen LogP contribution in [0.15, 0.2) is 82.6 Å². The molecule has 0 radical (unpaired) electrons. The molecule has 1 fully saturated rings. The highest BCUT2D eigenvalue weighted by Gasteiger charge is 2.34. The molecule has 0 atom stereocenters. The Morgan fingerprint density at radius 2 is 1.63 bits per heavy atom. The maximum atomic E-state index is 13.5. The minimum Gasteiger partial charge on any atom is -0.495 e. The first-order chi connectivity index (χ1) is 19.3. The first-order valence-electron chi connectivity index (χ1n) is 12.1. The van der Waals surface area contributed by atoms with Crippen LogP contribution in [-0.2, 0) is 35.8 Å². The van der Waals surface area contributed by atoms with Gasteiger partial charge in [0.1, 0.15) is 12.3 Å². The first kappa shape index (κ1) is 30.3. The second kappa shape index (κ2) is 12.1. The number of carbonyl (C=O) groups excluding carboxylic acids is 1. The maximum absolute atomic E-state index is 13.5. The van der Waals surface area contributed by atoms with Gasteiger partial charge in [0.2, 0.25) is 15.9 Å². The van der Waals surface area contributed by atoms with Crippen molar-refractivity contribution < 1.29 is 44.3 Å². The van der Waals surface area contributed by atoms with Crippen molar-refractivity contribution in [3.63, 3.8) is 0 Å². The molecule has 1 amide bonds. The molecule has 1 aliphatic rings. The van der Waals surface area contributed by atoms with E-state index in [-0.39, 0.29) is 47.5 Å². The zero-order chi connectivity index (χ0) is 29.8. The fraction of sp³-hybridized carbons (Fsp3) is 0.269. The van der Waals surface area contributed by atoms with Gasteiger partial charge in [-0.15, -0.1) is 0 Å². The molecule has 0 unspecified atom stereocenters. The minimum atomic E-state index is -4.76. The molecule has 10 nitrogen and oxygen atoms in total. The van der Waals surface area contributed by atoms with Crippen molar-refractivity contribution >= 4 is 37.3 Å². The summed E-state index contributed by atoms with van der Waals surface area (Å²) < 4.78 is 106. The molecule has 15 heteroatoms. The zero-order valence-electron chi connectivity index (χ0n) is 21.7. The Morgan fingerprint density at radius 3 is 2.27 bits per heavy atom. The summed E-state index contributed by atoms with van der Waals surface area (Å²) >= 11 is 0. The van der Waals surface area contributed by atoms with Crippen molar-refractivity contribution in [1.82, 2.24) is 4.31 Å². The smallest absolute Gasteiger partial charge is 0.416 e. The van der Waals surface area contributed by atoms with Crippen LogP contribution in [0.4, 0.5) is 24.5 Å². The molecule has 0 aromatic heterocycles. The molecule has 0 bridgehead atoms. The lowest BCUT2D eigenvalue weighted by atomic mass is 10.2. The average molecular weight is 614 g/mol. The highest BCUT2D eigenvalue weighted by atomic mass is 32.2. The van der Waals surface area contributed by atoms with E-state index >= 15 is 0 Å². The monoisotopic (exact) mass is 613 g/mol. The van der Waals surface area contributed by atoms with E-state index in [0.717, 1.165) is 18.2 Å². The topological polar surface area (TPSA) is 122 Å². The second-order valence-corrected chi connectivity index (χ2v) is 12.6. The Morgan fingerprint density at radius 1 is 0.951 bits per heavy atom. The lowest BCUT2D eigenvalue weighted by Gasteiger charge is -2.26. The van der Waals surface area contributed by atoms with E-state index in [1.165, 1.54) is 53.9 Å². The molecule has 3 aromatic rings. The summed E-state index contributed by atoms with van der Waals surface area (Å²) in [6.45, 7) is -0.207. The largest absolute Gasteiger partial charge is 0.495 e. The Labute approximate surface area is 235 Å². The summed E-state index contributed by atoms with van der Waals surface area (Å²) in [5.74, 6) is -0.878. The van der Waals surface area contributed by atoms with Crippen molar-refractivity contribution in [3.8, 4) is 5.75 Å². The van der Waals surface area contributed by atoms with E-state index < -0.39 is 49.9 Å². The number of morpholine rings is 1. The minimum absolute atomic E-state index is 0.0760. The van der Waals surface area contributed by atoms with Gasteiger partial charge in [-0.3, -0.25) is 9.10 Å². The van der Waals surface area contributed by atoms with Crippen LogP contribution in [0.1, 0.15) is 5.56 Å². The molecule has 0 saturated carbocycles. The van der Waals surface area contributed by atoms with Crippen molar-refractivity contribution in [2.75, 3.05) is 49.6 Å². The van der Waals surface area contributed by atoms with E-state index in [1.54, 1.807) is 6.07 Å². The van der Waals surface area contributed by atoms with E-state index in [0.29, 0.717) is 10.4 Å². The summed E-state index contributed by atoms with van der Waals surface area (Å²) in [7, 11) is -7.17. The number of anilines is 2. The Hall–Kier alpha value is -3.66. The predicted molar refractivity (Wildman–Crippen MR) is 144 cm³/mol. The molecule has 1 heterocycles. The molecule has 0 spiro atoms. The van der Waals surface area contributed by atoms with E-state index in [4.69, 9.17) is 9.47 Å². The van der Waals surface area contributed by atoms with Crippen LogP contribution in [0, 0.1) is 0 Å². The van der Waals surface area contributed by atoms with Gasteiger partial charge in [0, 0.05) is 13.1 Å². The highest BCUT2D eigenvalue weighted by Crippen LogP contribution is 2.34. The van der Waals surface area contributed by atoms with Gasteiger partial charge in [0.05, 0.1) is 47.1 Å². The number of nitrogens with one attached hydrogen (secondary N) is 1. The number of sulfonamides is 2. The van der Waals surface area contributed by atoms with Crippen LogP contribution in [0.25, 0.3) is 0 Å². The fourth-order valence-corrected chi connectivity index (χ4v) is 6.94. The van der Waals surface area contributed by atoms with Crippen LogP contribution < -0.4 is 14.4 Å². The lowest BCUT2D eigenvalue weighted by Crippen LogP contribution is -2.40. The summed E-state index contributed by atoms with van der Waals surface area (Å²) in [5.41, 5.74) is -1.58. The molecular formula is C26H26F3N3O7S2. The molecule has 41 heavy (non-hydrogen) atoms. The number of hydrogen-bond donors (Lipinski definition) is 1. The molecule has 220 valence electrons. The number of methoxy groups -OCH3 is 1. The maximum Gasteiger partial charge on any atom is 0.416 e. The van der Waals surface area contributed by atoms with Crippen molar-refractivity contribution in [2.24, 2.45) is 0 Å². The molecular weight excluding hydrogens is 587 g/mol. The lowest BCUT2D eigenvalue weighted by molar-refractivity contribution is -0.137. The van der Waals surface area contributed by atoms with Gasteiger partial charge >= 0.3 is 6.18 Å². The number of alkyl halides is 3. The van der Waals surface area contributed by atoms with E-state index in [9.17, 15) is 34.8 Å². The standard InChI is InChI=1S/C26H26F3N3O7S2/c1-38-24-11-10-22(40(34,35)31-12-14-39-15-13-31)17-23(24)30-25(33)18-32(41(36,37)21-8-3-2-4-9-21)20-7-5-6-19(16-20)26(27,28)29/h2-11,16-17H,12-15,18H2,1H3,(H,30,33). The van der Waals surface area contributed by atoms with Gasteiger partial charge in [-0.05, 0) is 48.5 Å². The number of rotatable bonds is 9. The average Bonchev–Trinajstić information content (AvgIpc) is 2.96. The third kappa shape index (κ3) is 6.81. The molecule has 1 aliphatic heterocycles. The SMILES string of the molecule is COc1ccc(S(=O)(=O)N2CCOCC2)cc1NC(=O)CN(c1cccc(C(F)(F)F)c1)S(=O)(=O)c1ccccc1.